The highest BCUT2D eigenvalue weighted by molar-refractivity contribution is 5.37. The van der Waals surface area contributed by atoms with E-state index in [4.69, 9.17) is 4.74 Å². The summed E-state index contributed by atoms with van der Waals surface area (Å²) in [5.41, 5.74) is 1.22. The van der Waals surface area contributed by atoms with Crippen molar-refractivity contribution in [2.45, 2.75) is 12.8 Å². The number of rotatable bonds is 5. The fourth-order valence-corrected chi connectivity index (χ4v) is 1.68. The topological polar surface area (TPSA) is 9.23 Å². The van der Waals surface area contributed by atoms with E-state index in [9.17, 15) is 0 Å². The van der Waals surface area contributed by atoms with Crippen LogP contribution in [0.4, 0.5) is 0 Å². The summed E-state index contributed by atoms with van der Waals surface area (Å²) in [6, 6.07) is 18.0. The third kappa shape index (κ3) is 3.22. The maximum Gasteiger partial charge on any atom is 0.130 e. The predicted molar refractivity (Wildman–Crippen MR) is 71.5 cm³/mol. The molecule has 2 aromatic rings. The highest BCUT2D eigenvalue weighted by Gasteiger charge is 2.02. The summed E-state index contributed by atoms with van der Waals surface area (Å²) < 4.78 is 5.87. The van der Waals surface area contributed by atoms with E-state index < -0.39 is 0 Å². The Morgan fingerprint density at radius 2 is 1.65 bits per heavy atom. The molecule has 86 valence electrons. The first-order valence-corrected chi connectivity index (χ1v) is 5.82. The van der Waals surface area contributed by atoms with Crippen molar-refractivity contribution in [3.8, 4) is 11.5 Å². The van der Waals surface area contributed by atoms with E-state index >= 15 is 0 Å². The van der Waals surface area contributed by atoms with Crippen LogP contribution in [-0.4, -0.2) is 0 Å². The van der Waals surface area contributed by atoms with E-state index in [1.165, 1.54) is 5.56 Å². The average Bonchev–Trinajstić information content (AvgIpc) is 2.39. The van der Waals surface area contributed by atoms with Crippen LogP contribution in [0.5, 0.6) is 11.5 Å². The molecule has 0 saturated heterocycles. The Kier molecular flexibility index (Phi) is 3.98. The molecule has 0 aliphatic carbocycles. The zero-order valence-corrected chi connectivity index (χ0v) is 9.80. The fraction of sp³-hybridized carbons (Fsp3) is 0.125. The smallest absolute Gasteiger partial charge is 0.130 e. The molecule has 0 heterocycles. The number of aryl methyl sites for hydroxylation is 1. The first-order valence-electron chi connectivity index (χ1n) is 5.82. The standard InChI is InChI=1S/C16H16O/c1-2-3-9-14-10-7-8-13-16(14)17-15-11-5-4-6-12-15/h2,4-8,10-13H,1,3,9H2. The van der Waals surface area contributed by atoms with E-state index in [-0.39, 0.29) is 0 Å². The summed E-state index contributed by atoms with van der Waals surface area (Å²) in [5, 5.41) is 0. The first kappa shape index (κ1) is 11.5. The van der Waals surface area contributed by atoms with Crippen LogP contribution < -0.4 is 4.74 Å². The van der Waals surface area contributed by atoms with Crippen molar-refractivity contribution in [3.63, 3.8) is 0 Å². The van der Waals surface area contributed by atoms with Crippen LogP contribution in [0.1, 0.15) is 12.0 Å². The maximum absolute atomic E-state index is 5.87. The van der Waals surface area contributed by atoms with Crippen molar-refractivity contribution in [2.24, 2.45) is 0 Å². The van der Waals surface area contributed by atoms with Crippen molar-refractivity contribution in [2.75, 3.05) is 0 Å². The normalized spacial score (nSPS) is 9.88. The molecular weight excluding hydrogens is 208 g/mol. The van der Waals surface area contributed by atoms with Gasteiger partial charge in [0.25, 0.3) is 0 Å². The van der Waals surface area contributed by atoms with E-state index in [2.05, 4.69) is 12.6 Å². The quantitative estimate of drug-likeness (QED) is 0.674. The number of para-hydroxylation sites is 2. The van der Waals surface area contributed by atoms with E-state index in [1.54, 1.807) is 0 Å². The van der Waals surface area contributed by atoms with Gasteiger partial charge in [-0.15, -0.1) is 6.58 Å². The second kappa shape index (κ2) is 5.90. The van der Waals surface area contributed by atoms with Crippen LogP contribution in [0.15, 0.2) is 67.3 Å². The summed E-state index contributed by atoms with van der Waals surface area (Å²) in [4.78, 5) is 0. The van der Waals surface area contributed by atoms with Crippen LogP contribution in [0, 0.1) is 0 Å². The van der Waals surface area contributed by atoms with E-state index in [0.717, 1.165) is 24.3 Å². The lowest BCUT2D eigenvalue weighted by Gasteiger charge is -2.10. The lowest BCUT2D eigenvalue weighted by atomic mass is 10.1. The molecule has 0 saturated carbocycles. The second-order valence-electron chi connectivity index (χ2n) is 3.85. The molecule has 0 unspecified atom stereocenters. The largest absolute Gasteiger partial charge is 0.457 e. The van der Waals surface area contributed by atoms with E-state index in [0.29, 0.717) is 0 Å². The second-order valence-corrected chi connectivity index (χ2v) is 3.85. The Labute approximate surface area is 102 Å². The minimum Gasteiger partial charge on any atom is -0.457 e. The van der Waals surface area contributed by atoms with Gasteiger partial charge in [0, 0.05) is 0 Å². The van der Waals surface area contributed by atoms with Crippen LogP contribution in [0.3, 0.4) is 0 Å². The van der Waals surface area contributed by atoms with Gasteiger partial charge < -0.3 is 4.74 Å². The molecular formula is C16H16O. The van der Waals surface area contributed by atoms with Crippen molar-refractivity contribution in [1.82, 2.24) is 0 Å². The molecule has 2 aromatic carbocycles. The summed E-state index contributed by atoms with van der Waals surface area (Å²) in [6.45, 7) is 3.75. The molecule has 0 amide bonds. The molecule has 0 spiro atoms. The van der Waals surface area contributed by atoms with Crippen molar-refractivity contribution < 1.29 is 4.74 Å². The summed E-state index contributed by atoms with van der Waals surface area (Å²) in [7, 11) is 0. The minimum atomic E-state index is 0.874. The maximum atomic E-state index is 5.87. The summed E-state index contributed by atoms with van der Waals surface area (Å²) >= 11 is 0. The van der Waals surface area contributed by atoms with Crippen LogP contribution in [0.2, 0.25) is 0 Å². The van der Waals surface area contributed by atoms with Gasteiger partial charge in [-0.1, -0.05) is 42.5 Å². The van der Waals surface area contributed by atoms with Crippen molar-refractivity contribution in [1.29, 1.82) is 0 Å². The van der Waals surface area contributed by atoms with Gasteiger partial charge in [0.2, 0.25) is 0 Å². The lowest BCUT2D eigenvalue weighted by molar-refractivity contribution is 0.476. The van der Waals surface area contributed by atoms with Crippen LogP contribution in [0.25, 0.3) is 0 Å². The Hall–Kier alpha value is -2.02. The number of benzene rings is 2. The van der Waals surface area contributed by atoms with Crippen molar-refractivity contribution in [3.05, 3.63) is 72.8 Å². The Bertz CT molecular complexity index is 474. The molecule has 1 heteroatoms. The summed E-state index contributed by atoms with van der Waals surface area (Å²) in [5.74, 6) is 1.80. The fourth-order valence-electron chi connectivity index (χ4n) is 1.68. The SMILES string of the molecule is C=CCCc1ccccc1Oc1ccccc1. The molecule has 0 fully saturated rings. The third-order valence-electron chi connectivity index (χ3n) is 2.56. The molecule has 0 aromatic heterocycles. The van der Waals surface area contributed by atoms with Crippen LogP contribution in [-0.2, 0) is 6.42 Å². The molecule has 0 N–H and O–H groups in total. The molecule has 0 atom stereocenters. The predicted octanol–water partition coefficient (Wildman–Crippen LogP) is 4.60. The van der Waals surface area contributed by atoms with Gasteiger partial charge in [-0.05, 0) is 36.6 Å². The number of hydrogen-bond acceptors (Lipinski definition) is 1. The van der Waals surface area contributed by atoms with Crippen molar-refractivity contribution >= 4 is 0 Å². The molecule has 0 aliphatic heterocycles. The highest BCUT2D eigenvalue weighted by atomic mass is 16.5. The van der Waals surface area contributed by atoms with Gasteiger partial charge in [0.15, 0.2) is 0 Å². The minimum absolute atomic E-state index is 0.874. The molecule has 1 nitrogen and oxygen atoms in total. The highest BCUT2D eigenvalue weighted by Crippen LogP contribution is 2.25. The number of allylic oxidation sites excluding steroid dienone is 1. The van der Waals surface area contributed by atoms with Crippen LogP contribution >= 0.6 is 0 Å². The number of ether oxygens (including phenoxy) is 1. The molecule has 17 heavy (non-hydrogen) atoms. The zero-order chi connectivity index (χ0) is 11.9. The van der Waals surface area contributed by atoms with Gasteiger partial charge in [-0.25, -0.2) is 0 Å². The third-order valence-corrected chi connectivity index (χ3v) is 2.56. The first-order chi connectivity index (χ1) is 8.40. The number of hydrogen-bond donors (Lipinski definition) is 0. The van der Waals surface area contributed by atoms with Gasteiger partial charge >= 0.3 is 0 Å². The molecule has 0 bridgehead atoms. The monoisotopic (exact) mass is 224 g/mol. The molecule has 0 radical (unpaired) electrons. The van der Waals surface area contributed by atoms with Gasteiger partial charge in [-0.3, -0.25) is 0 Å². The van der Waals surface area contributed by atoms with Gasteiger partial charge in [-0.2, -0.15) is 0 Å². The Morgan fingerprint density at radius 1 is 0.941 bits per heavy atom. The lowest BCUT2D eigenvalue weighted by Crippen LogP contribution is -1.91. The zero-order valence-electron chi connectivity index (χ0n) is 9.80. The Morgan fingerprint density at radius 3 is 2.41 bits per heavy atom. The molecule has 2 rings (SSSR count). The van der Waals surface area contributed by atoms with E-state index in [1.807, 2.05) is 54.6 Å². The Balaban J connectivity index is 2.17. The molecule has 0 aliphatic rings. The summed E-state index contributed by atoms with van der Waals surface area (Å²) in [6.07, 6.45) is 3.86. The van der Waals surface area contributed by atoms with Gasteiger partial charge in [0.1, 0.15) is 11.5 Å². The van der Waals surface area contributed by atoms with Gasteiger partial charge in [0.05, 0.1) is 0 Å². The average molecular weight is 224 g/mol.